The van der Waals surface area contributed by atoms with E-state index in [0.29, 0.717) is 6.33 Å². The number of ether oxygens (including phenoxy) is 2. The smallest absolute Gasteiger partial charge is 0.359 e. The van der Waals surface area contributed by atoms with Gasteiger partial charge in [0.15, 0.2) is 11.4 Å². The van der Waals surface area contributed by atoms with E-state index in [1.165, 1.54) is 6.92 Å². The number of rotatable bonds is 5. The summed E-state index contributed by atoms with van der Waals surface area (Å²) in [4.78, 5) is 26.5. The molecule has 18 heavy (non-hydrogen) atoms. The van der Waals surface area contributed by atoms with Gasteiger partial charge in [0.1, 0.15) is 6.33 Å². The first-order valence-electron chi connectivity index (χ1n) is 5.22. The van der Waals surface area contributed by atoms with Crippen molar-refractivity contribution in [2.24, 2.45) is 0 Å². The molecule has 0 saturated heterocycles. The highest BCUT2D eigenvalue weighted by Crippen LogP contribution is 2.18. The Morgan fingerprint density at radius 2 is 1.83 bits per heavy atom. The predicted octanol–water partition coefficient (Wildman–Crippen LogP) is 1.63. The first-order chi connectivity index (χ1) is 8.52. The fraction of sp³-hybridized carbons (Fsp3) is 0.500. The SMILES string of the molecule is CCOC(=O)c1ncn(C(F)F)c1C(=O)OCC. The summed E-state index contributed by atoms with van der Waals surface area (Å²) in [7, 11) is 0. The Morgan fingerprint density at radius 3 is 2.33 bits per heavy atom. The summed E-state index contributed by atoms with van der Waals surface area (Å²) in [5.74, 6) is -1.99. The number of halogens is 2. The predicted molar refractivity (Wildman–Crippen MR) is 55.4 cm³/mol. The van der Waals surface area contributed by atoms with Crippen LogP contribution in [-0.2, 0) is 9.47 Å². The topological polar surface area (TPSA) is 70.4 Å². The Morgan fingerprint density at radius 1 is 1.28 bits per heavy atom. The molecule has 0 unspecified atom stereocenters. The average molecular weight is 262 g/mol. The molecular weight excluding hydrogens is 250 g/mol. The number of nitrogens with zero attached hydrogens (tertiary/aromatic N) is 2. The van der Waals surface area contributed by atoms with Gasteiger partial charge < -0.3 is 9.47 Å². The maximum atomic E-state index is 12.7. The van der Waals surface area contributed by atoms with E-state index in [4.69, 9.17) is 0 Å². The lowest BCUT2D eigenvalue weighted by atomic mass is 10.3. The molecule has 0 N–H and O–H groups in total. The number of alkyl halides is 2. The molecule has 1 aromatic rings. The molecule has 100 valence electrons. The van der Waals surface area contributed by atoms with E-state index < -0.39 is 29.9 Å². The highest BCUT2D eigenvalue weighted by atomic mass is 19.3. The van der Waals surface area contributed by atoms with Crippen LogP contribution in [0.25, 0.3) is 0 Å². The van der Waals surface area contributed by atoms with Gasteiger partial charge in [0, 0.05) is 0 Å². The number of hydrogen-bond donors (Lipinski definition) is 0. The van der Waals surface area contributed by atoms with Gasteiger partial charge >= 0.3 is 18.5 Å². The Hall–Kier alpha value is -1.99. The summed E-state index contributed by atoms with van der Waals surface area (Å²) in [6, 6.07) is 0. The van der Waals surface area contributed by atoms with Gasteiger partial charge in [-0.2, -0.15) is 8.78 Å². The number of hydrogen-bond acceptors (Lipinski definition) is 5. The second kappa shape index (κ2) is 6.08. The van der Waals surface area contributed by atoms with Crippen LogP contribution in [-0.4, -0.2) is 34.7 Å². The lowest BCUT2D eigenvalue weighted by Crippen LogP contribution is -2.18. The van der Waals surface area contributed by atoms with E-state index in [2.05, 4.69) is 14.5 Å². The van der Waals surface area contributed by atoms with E-state index in [9.17, 15) is 18.4 Å². The highest BCUT2D eigenvalue weighted by Gasteiger charge is 2.28. The van der Waals surface area contributed by atoms with E-state index in [-0.39, 0.29) is 17.8 Å². The molecule has 8 heteroatoms. The normalized spacial score (nSPS) is 10.5. The van der Waals surface area contributed by atoms with E-state index in [0.717, 1.165) is 0 Å². The van der Waals surface area contributed by atoms with Crippen LogP contribution >= 0.6 is 0 Å². The molecule has 0 radical (unpaired) electrons. The molecule has 1 rings (SSSR count). The molecule has 0 fully saturated rings. The standard InChI is InChI=1S/C10H12F2N2O4/c1-3-17-8(15)6-7(9(16)18-4-2)14(5-13-6)10(11)12/h5,10H,3-4H2,1-2H3. The first kappa shape index (κ1) is 14.1. The average Bonchev–Trinajstić information content (AvgIpc) is 2.74. The van der Waals surface area contributed by atoms with Crippen LogP contribution in [0.1, 0.15) is 41.4 Å². The third kappa shape index (κ3) is 2.82. The molecule has 0 spiro atoms. The number of carbonyl (C=O) groups excluding carboxylic acids is 2. The van der Waals surface area contributed by atoms with Crippen LogP contribution in [0.15, 0.2) is 6.33 Å². The quantitative estimate of drug-likeness (QED) is 0.754. The Kier molecular flexibility index (Phi) is 4.75. The van der Waals surface area contributed by atoms with E-state index >= 15 is 0 Å². The van der Waals surface area contributed by atoms with Crippen LogP contribution in [0.4, 0.5) is 8.78 Å². The zero-order valence-electron chi connectivity index (χ0n) is 9.85. The highest BCUT2D eigenvalue weighted by molar-refractivity contribution is 6.00. The summed E-state index contributed by atoms with van der Waals surface area (Å²) in [6.07, 6.45) is 0.698. The molecule has 0 bridgehead atoms. The molecule has 0 aliphatic carbocycles. The molecule has 0 aromatic carbocycles. The Labute approximate surface area is 102 Å². The van der Waals surface area contributed by atoms with Crippen molar-refractivity contribution in [1.29, 1.82) is 0 Å². The lowest BCUT2D eigenvalue weighted by molar-refractivity contribution is 0.0392. The number of imidazole rings is 1. The largest absolute Gasteiger partial charge is 0.461 e. The minimum atomic E-state index is -3.00. The van der Waals surface area contributed by atoms with Gasteiger partial charge in [-0.05, 0) is 13.8 Å². The third-order valence-corrected chi connectivity index (χ3v) is 1.94. The van der Waals surface area contributed by atoms with Gasteiger partial charge in [-0.25, -0.2) is 14.6 Å². The maximum absolute atomic E-state index is 12.7. The van der Waals surface area contributed by atoms with Gasteiger partial charge in [0.25, 0.3) is 0 Å². The Bertz CT molecular complexity index is 445. The molecule has 0 aliphatic heterocycles. The van der Waals surface area contributed by atoms with E-state index in [1.807, 2.05) is 0 Å². The summed E-state index contributed by atoms with van der Waals surface area (Å²) in [5, 5.41) is 0. The monoisotopic (exact) mass is 262 g/mol. The molecular formula is C10H12F2N2O4. The molecule has 1 heterocycles. The molecule has 0 atom stereocenters. The van der Waals surface area contributed by atoms with Crippen molar-refractivity contribution in [3.05, 3.63) is 17.7 Å². The van der Waals surface area contributed by atoms with Gasteiger partial charge in [-0.1, -0.05) is 0 Å². The van der Waals surface area contributed by atoms with Crippen LogP contribution in [0, 0.1) is 0 Å². The summed E-state index contributed by atoms with van der Waals surface area (Å²) >= 11 is 0. The lowest BCUT2D eigenvalue weighted by Gasteiger charge is -2.07. The van der Waals surface area contributed by atoms with Gasteiger partial charge in [0.05, 0.1) is 13.2 Å². The summed E-state index contributed by atoms with van der Waals surface area (Å²) < 4.78 is 34.8. The Balaban J connectivity index is 3.19. The van der Waals surface area contributed by atoms with Crippen molar-refractivity contribution in [3.63, 3.8) is 0 Å². The molecule has 0 amide bonds. The number of esters is 2. The summed E-state index contributed by atoms with van der Waals surface area (Å²) in [5.41, 5.74) is -1.08. The van der Waals surface area contributed by atoms with Crippen molar-refractivity contribution in [3.8, 4) is 0 Å². The third-order valence-electron chi connectivity index (χ3n) is 1.94. The van der Waals surface area contributed by atoms with Crippen molar-refractivity contribution in [2.75, 3.05) is 13.2 Å². The van der Waals surface area contributed by atoms with Crippen molar-refractivity contribution in [1.82, 2.24) is 9.55 Å². The molecule has 6 nitrogen and oxygen atoms in total. The van der Waals surface area contributed by atoms with Crippen LogP contribution in [0.2, 0.25) is 0 Å². The zero-order chi connectivity index (χ0) is 13.7. The van der Waals surface area contributed by atoms with Crippen LogP contribution < -0.4 is 0 Å². The summed E-state index contributed by atoms with van der Waals surface area (Å²) in [6.45, 7) is 0.106. The zero-order valence-corrected chi connectivity index (χ0v) is 9.85. The first-order valence-corrected chi connectivity index (χ1v) is 5.22. The minimum Gasteiger partial charge on any atom is -0.461 e. The molecule has 1 aromatic heterocycles. The van der Waals surface area contributed by atoms with Gasteiger partial charge in [-0.3, -0.25) is 4.57 Å². The number of carbonyl (C=O) groups is 2. The second-order valence-electron chi connectivity index (χ2n) is 3.07. The van der Waals surface area contributed by atoms with Gasteiger partial charge in [-0.15, -0.1) is 0 Å². The second-order valence-corrected chi connectivity index (χ2v) is 3.07. The maximum Gasteiger partial charge on any atom is 0.359 e. The van der Waals surface area contributed by atoms with Crippen molar-refractivity contribution in [2.45, 2.75) is 20.4 Å². The fourth-order valence-corrected chi connectivity index (χ4v) is 1.26. The van der Waals surface area contributed by atoms with E-state index in [1.54, 1.807) is 6.92 Å². The van der Waals surface area contributed by atoms with Gasteiger partial charge in [0.2, 0.25) is 0 Å². The molecule has 0 aliphatic rings. The fourth-order valence-electron chi connectivity index (χ4n) is 1.26. The molecule has 0 saturated carbocycles. The van der Waals surface area contributed by atoms with Crippen molar-refractivity contribution < 1.29 is 27.8 Å². The van der Waals surface area contributed by atoms with Crippen LogP contribution in [0.5, 0.6) is 0 Å². The minimum absolute atomic E-state index is 0.00445. The van der Waals surface area contributed by atoms with Crippen molar-refractivity contribution >= 4 is 11.9 Å². The number of aromatic nitrogens is 2. The van der Waals surface area contributed by atoms with Crippen LogP contribution in [0.3, 0.4) is 0 Å².